The van der Waals surface area contributed by atoms with Crippen molar-refractivity contribution in [3.63, 3.8) is 0 Å². The molecule has 0 spiro atoms. The van der Waals surface area contributed by atoms with Crippen molar-refractivity contribution in [2.75, 3.05) is 26.4 Å². The molecule has 1 fully saturated rings. The summed E-state index contributed by atoms with van der Waals surface area (Å²) in [4.78, 5) is 0. The predicted molar refractivity (Wildman–Crippen MR) is 78.2 cm³/mol. The highest BCUT2D eigenvalue weighted by molar-refractivity contribution is 4.81. The molecule has 0 bridgehead atoms. The van der Waals surface area contributed by atoms with Gasteiger partial charge in [-0.1, -0.05) is 27.2 Å². The maximum atomic E-state index is 8.64. The van der Waals surface area contributed by atoms with Gasteiger partial charge in [-0.05, 0) is 43.4 Å². The standard InChI is InChI=1S/C16H32O3/c1-13(2)15-7-6-14(3)12-16(15)19-11-5-10-18-9-4-8-17/h13-17H,4-12H2,1-3H3/t14-,15+,16-/m1/s1. The number of hydrogen-bond donors (Lipinski definition) is 1. The molecule has 1 N–H and O–H groups in total. The van der Waals surface area contributed by atoms with Crippen LogP contribution in [0.15, 0.2) is 0 Å². The van der Waals surface area contributed by atoms with Crippen LogP contribution in [0.2, 0.25) is 0 Å². The van der Waals surface area contributed by atoms with E-state index in [0.717, 1.165) is 43.8 Å². The second kappa shape index (κ2) is 9.73. The lowest BCUT2D eigenvalue weighted by Gasteiger charge is -2.37. The molecule has 3 nitrogen and oxygen atoms in total. The van der Waals surface area contributed by atoms with Crippen LogP contribution in [0.1, 0.15) is 52.9 Å². The van der Waals surface area contributed by atoms with E-state index in [4.69, 9.17) is 14.6 Å². The van der Waals surface area contributed by atoms with E-state index in [0.29, 0.717) is 12.7 Å². The van der Waals surface area contributed by atoms with Crippen LogP contribution < -0.4 is 0 Å². The van der Waals surface area contributed by atoms with Crippen LogP contribution in [0.3, 0.4) is 0 Å². The Kier molecular flexibility index (Phi) is 8.67. The lowest BCUT2D eigenvalue weighted by Crippen LogP contribution is -2.34. The molecule has 1 aliphatic rings. The zero-order valence-electron chi connectivity index (χ0n) is 12.9. The van der Waals surface area contributed by atoms with Crippen molar-refractivity contribution in [3.8, 4) is 0 Å². The number of rotatable bonds is 9. The van der Waals surface area contributed by atoms with Crippen LogP contribution in [-0.2, 0) is 9.47 Å². The van der Waals surface area contributed by atoms with Crippen molar-refractivity contribution in [2.45, 2.75) is 59.0 Å². The van der Waals surface area contributed by atoms with Gasteiger partial charge >= 0.3 is 0 Å². The van der Waals surface area contributed by atoms with Crippen LogP contribution >= 0.6 is 0 Å². The summed E-state index contributed by atoms with van der Waals surface area (Å²) < 4.78 is 11.5. The van der Waals surface area contributed by atoms with E-state index in [1.807, 2.05) is 0 Å². The van der Waals surface area contributed by atoms with Gasteiger partial charge in [-0.15, -0.1) is 0 Å². The lowest BCUT2D eigenvalue weighted by atomic mass is 9.75. The van der Waals surface area contributed by atoms with Gasteiger partial charge in [0, 0.05) is 26.4 Å². The van der Waals surface area contributed by atoms with Crippen LogP contribution in [0.5, 0.6) is 0 Å². The number of hydrogen-bond acceptors (Lipinski definition) is 3. The van der Waals surface area contributed by atoms with Gasteiger partial charge in [-0.2, -0.15) is 0 Å². The van der Waals surface area contributed by atoms with Gasteiger partial charge in [0.1, 0.15) is 0 Å². The SMILES string of the molecule is CC(C)[C@@H]1CC[C@@H](C)C[C@H]1OCCCOCCCO. The normalized spacial score (nSPS) is 27.9. The molecule has 0 saturated heterocycles. The molecule has 1 saturated carbocycles. The van der Waals surface area contributed by atoms with E-state index in [2.05, 4.69) is 20.8 Å². The molecule has 0 aromatic heterocycles. The Labute approximate surface area is 118 Å². The van der Waals surface area contributed by atoms with Crippen LogP contribution in [-0.4, -0.2) is 37.6 Å². The van der Waals surface area contributed by atoms with Crippen molar-refractivity contribution in [2.24, 2.45) is 17.8 Å². The fraction of sp³-hybridized carbons (Fsp3) is 1.00. The summed E-state index contributed by atoms with van der Waals surface area (Å²) in [5, 5.41) is 8.64. The van der Waals surface area contributed by atoms with E-state index in [1.54, 1.807) is 0 Å². The minimum absolute atomic E-state index is 0.215. The Morgan fingerprint density at radius 3 is 2.53 bits per heavy atom. The van der Waals surface area contributed by atoms with Gasteiger partial charge in [0.05, 0.1) is 6.10 Å². The van der Waals surface area contributed by atoms with Crippen LogP contribution in [0.25, 0.3) is 0 Å². The number of ether oxygens (including phenoxy) is 2. The van der Waals surface area contributed by atoms with Crippen molar-refractivity contribution >= 4 is 0 Å². The predicted octanol–water partition coefficient (Wildman–Crippen LogP) is 3.25. The number of aliphatic hydroxyl groups is 1. The highest BCUT2D eigenvalue weighted by atomic mass is 16.5. The third-order valence-electron chi connectivity index (χ3n) is 4.17. The molecule has 0 heterocycles. The first-order valence-corrected chi connectivity index (χ1v) is 7.95. The van der Waals surface area contributed by atoms with Crippen molar-refractivity contribution in [1.29, 1.82) is 0 Å². The monoisotopic (exact) mass is 272 g/mol. The van der Waals surface area contributed by atoms with E-state index < -0.39 is 0 Å². The van der Waals surface area contributed by atoms with Crippen molar-refractivity contribution < 1.29 is 14.6 Å². The topological polar surface area (TPSA) is 38.7 Å². The highest BCUT2D eigenvalue weighted by Gasteiger charge is 2.31. The summed E-state index contributed by atoms with van der Waals surface area (Å²) in [5.74, 6) is 2.26. The second-order valence-corrected chi connectivity index (χ2v) is 6.28. The minimum atomic E-state index is 0.215. The molecule has 1 aliphatic carbocycles. The van der Waals surface area contributed by atoms with Crippen molar-refractivity contribution in [1.82, 2.24) is 0 Å². The second-order valence-electron chi connectivity index (χ2n) is 6.28. The molecule has 0 aromatic carbocycles. The van der Waals surface area contributed by atoms with E-state index >= 15 is 0 Å². The summed E-state index contributed by atoms with van der Waals surface area (Å²) in [6.45, 7) is 9.39. The first-order valence-electron chi connectivity index (χ1n) is 7.95. The first-order chi connectivity index (χ1) is 9.15. The number of aliphatic hydroxyl groups excluding tert-OH is 1. The van der Waals surface area contributed by atoms with E-state index in [-0.39, 0.29) is 6.61 Å². The van der Waals surface area contributed by atoms with Gasteiger partial charge in [-0.25, -0.2) is 0 Å². The molecule has 1 rings (SSSR count). The van der Waals surface area contributed by atoms with Crippen LogP contribution in [0.4, 0.5) is 0 Å². The summed E-state index contributed by atoms with van der Waals surface area (Å²) >= 11 is 0. The minimum Gasteiger partial charge on any atom is -0.396 e. The van der Waals surface area contributed by atoms with E-state index in [9.17, 15) is 0 Å². The third kappa shape index (κ3) is 6.73. The Bertz CT molecular complexity index is 218. The zero-order valence-corrected chi connectivity index (χ0v) is 12.9. The Morgan fingerprint density at radius 1 is 1.11 bits per heavy atom. The molecule has 3 atom stereocenters. The molecular formula is C16H32O3. The Hall–Kier alpha value is -0.120. The Morgan fingerprint density at radius 2 is 1.84 bits per heavy atom. The van der Waals surface area contributed by atoms with Gasteiger partial charge in [-0.3, -0.25) is 0 Å². The van der Waals surface area contributed by atoms with Crippen molar-refractivity contribution in [3.05, 3.63) is 0 Å². The largest absolute Gasteiger partial charge is 0.396 e. The molecule has 0 aromatic rings. The van der Waals surface area contributed by atoms with Gasteiger partial charge < -0.3 is 14.6 Å². The fourth-order valence-corrected chi connectivity index (χ4v) is 2.97. The van der Waals surface area contributed by atoms with Gasteiger partial charge in [0.2, 0.25) is 0 Å². The summed E-state index contributed by atoms with van der Waals surface area (Å²) in [6, 6.07) is 0. The molecule has 0 radical (unpaired) electrons. The molecule has 3 heteroatoms. The van der Waals surface area contributed by atoms with Crippen LogP contribution in [0, 0.1) is 17.8 Å². The maximum Gasteiger partial charge on any atom is 0.0608 e. The molecule has 0 unspecified atom stereocenters. The van der Waals surface area contributed by atoms with E-state index in [1.165, 1.54) is 19.3 Å². The average Bonchev–Trinajstić information content (AvgIpc) is 2.37. The molecular weight excluding hydrogens is 240 g/mol. The third-order valence-corrected chi connectivity index (χ3v) is 4.17. The Balaban J connectivity index is 2.14. The highest BCUT2D eigenvalue weighted by Crippen LogP contribution is 2.35. The lowest BCUT2D eigenvalue weighted by molar-refractivity contribution is -0.0445. The van der Waals surface area contributed by atoms with Gasteiger partial charge in [0.25, 0.3) is 0 Å². The summed E-state index contributed by atoms with van der Waals surface area (Å²) in [7, 11) is 0. The molecule has 0 amide bonds. The summed E-state index contributed by atoms with van der Waals surface area (Å²) in [6.07, 6.45) is 6.02. The van der Waals surface area contributed by atoms with Gasteiger partial charge in [0.15, 0.2) is 0 Å². The molecule has 114 valence electrons. The fourth-order valence-electron chi connectivity index (χ4n) is 2.97. The first kappa shape index (κ1) is 16.9. The quantitative estimate of drug-likeness (QED) is 0.655. The molecule has 0 aliphatic heterocycles. The molecule has 19 heavy (non-hydrogen) atoms. The summed E-state index contributed by atoms with van der Waals surface area (Å²) in [5.41, 5.74) is 0. The maximum absolute atomic E-state index is 8.64. The average molecular weight is 272 g/mol. The smallest absolute Gasteiger partial charge is 0.0608 e. The zero-order chi connectivity index (χ0) is 14.1.